The summed E-state index contributed by atoms with van der Waals surface area (Å²) in [4.78, 5) is 14.1. The standard InChI is InChI=1S/C19H27N3O4S/c1-13-17(19(23)24)18-15(5-4-6-16(18)21(13)2)14-7-10-22(11-8-14)12-9-20-27(3,25)26/h4-6,14,20H,7-12H2,1-3H3,(H,23,24). The first-order valence-corrected chi connectivity index (χ1v) is 11.1. The van der Waals surface area contributed by atoms with Crippen LogP contribution in [0.15, 0.2) is 18.2 Å². The lowest BCUT2D eigenvalue weighted by Gasteiger charge is -2.32. The number of sulfonamides is 1. The molecule has 8 heteroatoms. The zero-order valence-electron chi connectivity index (χ0n) is 16.0. The number of carbonyl (C=O) groups is 1. The number of carboxylic acids is 1. The lowest BCUT2D eigenvalue weighted by Crippen LogP contribution is -2.39. The van der Waals surface area contributed by atoms with Crippen LogP contribution in [0.5, 0.6) is 0 Å². The van der Waals surface area contributed by atoms with Gasteiger partial charge in [-0.3, -0.25) is 0 Å². The predicted molar refractivity (Wildman–Crippen MR) is 106 cm³/mol. The summed E-state index contributed by atoms with van der Waals surface area (Å²) < 4.78 is 26.8. The van der Waals surface area contributed by atoms with E-state index in [1.807, 2.05) is 30.7 Å². The van der Waals surface area contributed by atoms with E-state index in [0.29, 0.717) is 24.6 Å². The van der Waals surface area contributed by atoms with Gasteiger partial charge in [-0.1, -0.05) is 12.1 Å². The van der Waals surface area contributed by atoms with E-state index in [4.69, 9.17) is 0 Å². The molecule has 1 aliphatic heterocycles. The van der Waals surface area contributed by atoms with Crippen LogP contribution in [0.3, 0.4) is 0 Å². The Labute approximate surface area is 160 Å². The van der Waals surface area contributed by atoms with Crippen molar-refractivity contribution in [3.63, 3.8) is 0 Å². The smallest absolute Gasteiger partial charge is 0.338 e. The Kier molecular flexibility index (Phi) is 5.60. The van der Waals surface area contributed by atoms with Crippen molar-refractivity contribution in [2.45, 2.75) is 25.7 Å². The van der Waals surface area contributed by atoms with Crippen LogP contribution in [0.2, 0.25) is 0 Å². The summed E-state index contributed by atoms with van der Waals surface area (Å²) in [5.41, 5.74) is 3.25. The summed E-state index contributed by atoms with van der Waals surface area (Å²) in [5.74, 6) is -0.567. The summed E-state index contributed by atoms with van der Waals surface area (Å²) in [5, 5.41) is 10.6. The van der Waals surface area contributed by atoms with Gasteiger partial charge in [0.1, 0.15) is 0 Å². The molecule has 0 amide bonds. The number of aromatic carboxylic acids is 1. The van der Waals surface area contributed by atoms with Gasteiger partial charge >= 0.3 is 5.97 Å². The Bertz CT molecular complexity index is 957. The number of hydrogen-bond donors (Lipinski definition) is 2. The zero-order valence-corrected chi connectivity index (χ0v) is 16.8. The number of carboxylic acid groups (broad SMARTS) is 1. The fraction of sp³-hybridized carbons (Fsp3) is 0.526. The van der Waals surface area contributed by atoms with Crippen molar-refractivity contribution in [2.75, 3.05) is 32.4 Å². The number of piperidine rings is 1. The maximum Gasteiger partial charge on any atom is 0.338 e. The Morgan fingerprint density at radius 3 is 2.56 bits per heavy atom. The molecule has 2 heterocycles. The van der Waals surface area contributed by atoms with Crippen molar-refractivity contribution in [3.8, 4) is 0 Å². The van der Waals surface area contributed by atoms with Crippen molar-refractivity contribution in [1.29, 1.82) is 0 Å². The van der Waals surface area contributed by atoms with Gasteiger partial charge in [0, 0.05) is 36.7 Å². The molecule has 3 rings (SSSR count). The second-order valence-corrected chi connectivity index (χ2v) is 9.18. The first kappa shape index (κ1) is 19.9. The van der Waals surface area contributed by atoms with Crippen molar-refractivity contribution in [2.24, 2.45) is 7.05 Å². The molecule has 0 bridgehead atoms. The summed E-state index contributed by atoms with van der Waals surface area (Å²) in [6.45, 7) is 4.71. The van der Waals surface area contributed by atoms with E-state index in [9.17, 15) is 18.3 Å². The van der Waals surface area contributed by atoms with Gasteiger partial charge in [0.25, 0.3) is 0 Å². The van der Waals surface area contributed by atoms with Crippen LogP contribution in [0.1, 0.15) is 40.4 Å². The molecule has 1 aromatic heterocycles. The number of likely N-dealkylation sites (tertiary alicyclic amines) is 1. The highest BCUT2D eigenvalue weighted by Crippen LogP contribution is 2.36. The van der Waals surface area contributed by atoms with Crippen LogP contribution in [0, 0.1) is 6.92 Å². The number of aromatic nitrogens is 1. The van der Waals surface area contributed by atoms with Crippen LogP contribution < -0.4 is 4.72 Å². The van der Waals surface area contributed by atoms with Crippen LogP contribution in [-0.2, 0) is 17.1 Å². The van der Waals surface area contributed by atoms with Gasteiger partial charge in [-0.2, -0.15) is 0 Å². The van der Waals surface area contributed by atoms with Crippen LogP contribution in [0.25, 0.3) is 10.9 Å². The molecule has 27 heavy (non-hydrogen) atoms. The van der Waals surface area contributed by atoms with Gasteiger partial charge in [-0.25, -0.2) is 17.9 Å². The molecule has 2 N–H and O–H groups in total. The third-order valence-corrected chi connectivity index (χ3v) is 6.31. The third-order valence-electron chi connectivity index (χ3n) is 5.58. The molecular formula is C19H27N3O4S. The fourth-order valence-electron chi connectivity index (χ4n) is 4.10. The second kappa shape index (κ2) is 7.61. The maximum atomic E-state index is 11.9. The Hall–Kier alpha value is -1.90. The van der Waals surface area contributed by atoms with E-state index in [2.05, 4.69) is 15.7 Å². The topological polar surface area (TPSA) is 91.6 Å². The van der Waals surface area contributed by atoms with E-state index in [0.717, 1.165) is 48.1 Å². The minimum Gasteiger partial charge on any atom is -0.478 e. The Balaban J connectivity index is 1.78. The highest BCUT2D eigenvalue weighted by molar-refractivity contribution is 7.88. The number of aryl methyl sites for hydroxylation is 1. The van der Waals surface area contributed by atoms with Crippen molar-refractivity contribution in [3.05, 3.63) is 35.0 Å². The molecule has 148 valence electrons. The Morgan fingerprint density at radius 1 is 1.30 bits per heavy atom. The van der Waals surface area contributed by atoms with Gasteiger partial charge in [0.15, 0.2) is 0 Å². The molecule has 0 spiro atoms. The molecule has 0 atom stereocenters. The first-order chi connectivity index (χ1) is 12.7. The van der Waals surface area contributed by atoms with E-state index in [1.165, 1.54) is 6.26 Å². The van der Waals surface area contributed by atoms with E-state index < -0.39 is 16.0 Å². The van der Waals surface area contributed by atoms with E-state index in [1.54, 1.807) is 0 Å². The number of rotatable bonds is 6. The molecule has 0 unspecified atom stereocenters. The maximum absolute atomic E-state index is 11.9. The van der Waals surface area contributed by atoms with Crippen molar-refractivity contribution >= 4 is 26.9 Å². The number of nitrogens with one attached hydrogen (secondary N) is 1. The molecule has 1 aliphatic rings. The number of fused-ring (bicyclic) bond motifs is 1. The fourth-order valence-corrected chi connectivity index (χ4v) is 4.56. The van der Waals surface area contributed by atoms with Crippen LogP contribution >= 0.6 is 0 Å². The molecule has 1 saturated heterocycles. The minimum absolute atomic E-state index is 0.313. The number of nitrogens with zero attached hydrogens (tertiary/aromatic N) is 2. The van der Waals surface area contributed by atoms with Crippen LogP contribution in [0.4, 0.5) is 0 Å². The molecular weight excluding hydrogens is 366 g/mol. The van der Waals surface area contributed by atoms with Crippen molar-refractivity contribution < 1.29 is 18.3 Å². The van der Waals surface area contributed by atoms with E-state index in [-0.39, 0.29) is 0 Å². The third kappa shape index (κ3) is 4.17. The molecule has 0 saturated carbocycles. The molecule has 1 fully saturated rings. The quantitative estimate of drug-likeness (QED) is 0.782. The first-order valence-electron chi connectivity index (χ1n) is 9.17. The zero-order chi connectivity index (χ0) is 19.8. The number of benzene rings is 1. The Morgan fingerprint density at radius 2 is 1.96 bits per heavy atom. The molecule has 1 aromatic carbocycles. The average molecular weight is 394 g/mol. The van der Waals surface area contributed by atoms with Crippen LogP contribution in [-0.4, -0.2) is 61.4 Å². The van der Waals surface area contributed by atoms with E-state index >= 15 is 0 Å². The summed E-state index contributed by atoms with van der Waals surface area (Å²) in [7, 11) is -1.24. The lowest BCUT2D eigenvalue weighted by atomic mass is 9.86. The molecule has 7 nitrogen and oxygen atoms in total. The summed E-state index contributed by atoms with van der Waals surface area (Å²) in [6, 6.07) is 6.04. The molecule has 0 aliphatic carbocycles. The van der Waals surface area contributed by atoms with Gasteiger partial charge in [-0.15, -0.1) is 0 Å². The minimum atomic E-state index is -3.15. The SMILES string of the molecule is Cc1c(C(=O)O)c2c(C3CCN(CCNS(C)(=O)=O)CC3)cccc2n1C. The molecule has 0 radical (unpaired) electrons. The van der Waals surface area contributed by atoms with Gasteiger partial charge < -0.3 is 14.6 Å². The largest absolute Gasteiger partial charge is 0.478 e. The highest BCUT2D eigenvalue weighted by atomic mass is 32.2. The summed E-state index contributed by atoms with van der Waals surface area (Å²) >= 11 is 0. The lowest BCUT2D eigenvalue weighted by molar-refractivity contribution is 0.0698. The van der Waals surface area contributed by atoms with Gasteiger partial charge in [0.05, 0.1) is 11.8 Å². The monoisotopic (exact) mass is 393 g/mol. The highest BCUT2D eigenvalue weighted by Gasteiger charge is 2.26. The van der Waals surface area contributed by atoms with Crippen molar-refractivity contribution in [1.82, 2.24) is 14.2 Å². The normalized spacial score (nSPS) is 16.9. The second-order valence-electron chi connectivity index (χ2n) is 7.35. The molecule has 2 aromatic rings. The summed E-state index contributed by atoms with van der Waals surface area (Å²) in [6.07, 6.45) is 3.04. The van der Waals surface area contributed by atoms with Gasteiger partial charge in [-0.05, 0) is 50.4 Å². The predicted octanol–water partition coefficient (Wildman–Crippen LogP) is 1.91. The average Bonchev–Trinajstić information content (AvgIpc) is 2.86. The van der Waals surface area contributed by atoms with Gasteiger partial charge in [0.2, 0.25) is 10.0 Å². The number of hydrogen-bond acceptors (Lipinski definition) is 4.